The van der Waals surface area contributed by atoms with Gasteiger partial charge in [0.1, 0.15) is 11.4 Å². The Morgan fingerprint density at radius 3 is 2.78 bits per heavy atom. The molecule has 10 heteroatoms. The summed E-state index contributed by atoms with van der Waals surface area (Å²) in [6, 6.07) is 3.91. The minimum atomic E-state index is -2.76. The molecular weight excluding hydrogens is 420 g/mol. The quantitative estimate of drug-likeness (QED) is 0.595. The molecule has 2 aliphatic heterocycles. The standard InChI is InChI=1S/C22H23F2N5O3/c1-3-7-31-20-18-26-15(22-10-21(2,11-22)32-12-22)8-29(18)9-16(28-20)27-19(30)14-6-4-5-13(25-14)17(23)24/h4-6,8-9,17H,3,7,10-12H2,1-2H3,(H,27,30). The summed E-state index contributed by atoms with van der Waals surface area (Å²) >= 11 is 0. The topological polar surface area (TPSA) is 90.6 Å². The second-order valence-electron chi connectivity index (χ2n) is 8.71. The van der Waals surface area contributed by atoms with Crippen LogP contribution in [0.4, 0.5) is 14.6 Å². The van der Waals surface area contributed by atoms with Crippen LogP contribution in [-0.2, 0) is 10.2 Å². The van der Waals surface area contributed by atoms with Gasteiger partial charge in [0, 0.05) is 11.6 Å². The number of halogens is 2. The highest BCUT2D eigenvalue weighted by molar-refractivity contribution is 6.02. The normalized spacial score (nSPS) is 24.0. The van der Waals surface area contributed by atoms with E-state index < -0.39 is 18.0 Å². The molecule has 0 unspecified atom stereocenters. The van der Waals surface area contributed by atoms with Gasteiger partial charge in [0.15, 0.2) is 5.82 Å². The molecule has 0 spiro atoms. The van der Waals surface area contributed by atoms with Crippen LogP contribution in [0.3, 0.4) is 0 Å². The second-order valence-corrected chi connectivity index (χ2v) is 8.71. The number of carbonyl (C=O) groups excluding carboxylic acids is 1. The third-order valence-electron chi connectivity index (χ3n) is 5.98. The summed E-state index contributed by atoms with van der Waals surface area (Å²) < 4.78 is 39.3. The maximum absolute atomic E-state index is 12.9. The molecule has 3 aromatic rings. The predicted octanol–water partition coefficient (Wildman–Crippen LogP) is 3.92. The molecule has 1 N–H and O–H groups in total. The molecule has 1 saturated carbocycles. The number of anilines is 1. The maximum Gasteiger partial charge on any atom is 0.280 e. The van der Waals surface area contributed by atoms with Crippen molar-refractivity contribution in [3.8, 4) is 5.88 Å². The Bertz CT molecular complexity index is 1190. The van der Waals surface area contributed by atoms with E-state index in [0.717, 1.165) is 25.0 Å². The molecule has 168 valence electrons. The Balaban J connectivity index is 1.47. The Morgan fingerprint density at radius 1 is 1.28 bits per heavy atom. The van der Waals surface area contributed by atoms with Gasteiger partial charge >= 0.3 is 0 Å². The fourth-order valence-corrected chi connectivity index (χ4v) is 4.61. The highest BCUT2D eigenvalue weighted by Gasteiger charge is 2.61. The van der Waals surface area contributed by atoms with Crippen molar-refractivity contribution in [1.29, 1.82) is 0 Å². The van der Waals surface area contributed by atoms with E-state index in [1.807, 2.05) is 13.1 Å². The monoisotopic (exact) mass is 443 g/mol. The highest BCUT2D eigenvalue weighted by atomic mass is 19.3. The Morgan fingerprint density at radius 2 is 2.09 bits per heavy atom. The van der Waals surface area contributed by atoms with E-state index in [-0.39, 0.29) is 22.5 Å². The first kappa shape index (κ1) is 20.7. The SMILES string of the molecule is CCCOc1nc(NC(=O)c2cccc(C(F)F)n2)cn2cc(C34COC(C)(C3)C4)nc12. The first-order valence-corrected chi connectivity index (χ1v) is 10.5. The molecule has 6 rings (SSSR count). The van der Waals surface area contributed by atoms with E-state index in [1.54, 1.807) is 10.6 Å². The van der Waals surface area contributed by atoms with E-state index in [0.29, 0.717) is 24.7 Å². The van der Waals surface area contributed by atoms with Gasteiger partial charge in [-0.2, -0.15) is 4.98 Å². The van der Waals surface area contributed by atoms with Crippen LogP contribution >= 0.6 is 0 Å². The number of ether oxygens (including phenoxy) is 2. The van der Waals surface area contributed by atoms with Crippen LogP contribution in [0.15, 0.2) is 30.6 Å². The third kappa shape index (κ3) is 3.48. The third-order valence-corrected chi connectivity index (χ3v) is 5.98. The number of alkyl halides is 2. The first-order valence-electron chi connectivity index (χ1n) is 10.5. The van der Waals surface area contributed by atoms with Gasteiger partial charge in [-0.05, 0) is 38.3 Å². The molecule has 2 bridgehead atoms. The number of nitrogens with zero attached hydrogens (tertiary/aromatic N) is 4. The Kier molecular flexibility index (Phi) is 4.85. The Hall–Kier alpha value is -3.14. The van der Waals surface area contributed by atoms with Crippen LogP contribution in [-0.4, -0.2) is 44.1 Å². The Labute approximate surface area is 183 Å². The lowest BCUT2D eigenvalue weighted by Gasteiger charge is -2.41. The van der Waals surface area contributed by atoms with Gasteiger partial charge in [0.2, 0.25) is 5.65 Å². The summed E-state index contributed by atoms with van der Waals surface area (Å²) in [6.07, 6.45) is 3.39. The minimum absolute atomic E-state index is 0.0749. The van der Waals surface area contributed by atoms with E-state index in [4.69, 9.17) is 14.5 Å². The van der Waals surface area contributed by atoms with Crippen molar-refractivity contribution in [2.24, 2.45) is 0 Å². The number of amides is 1. The number of nitrogens with one attached hydrogen (secondary N) is 1. The van der Waals surface area contributed by atoms with Crippen molar-refractivity contribution in [2.45, 2.75) is 50.6 Å². The second kappa shape index (κ2) is 7.47. The van der Waals surface area contributed by atoms with E-state index in [9.17, 15) is 13.6 Å². The van der Waals surface area contributed by atoms with Crippen molar-refractivity contribution < 1.29 is 23.0 Å². The van der Waals surface area contributed by atoms with Crippen LogP contribution in [0.25, 0.3) is 5.65 Å². The lowest BCUT2D eigenvalue weighted by molar-refractivity contribution is 0.0154. The molecule has 2 saturated heterocycles. The van der Waals surface area contributed by atoms with Gasteiger partial charge in [-0.1, -0.05) is 13.0 Å². The van der Waals surface area contributed by atoms with Crippen molar-refractivity contribution in [2.75, 3.05) is 18.5 Å². The minimum Gasteiger partial charge on any atom is -0.475 e. The number of hydrogen-bond acceptors (Lipinski definition) is 6. The summed E-state index contributed by atoms with van der Waals surface area (Å²) in [7, 11) is 0. The number of aromatic nitrogens is 4. The van der Waals surface area contributed by atoms with E-state index >= 15 is 0 Å². The van der Waals surface area contributed by atoms with Gasteiger partial charge < -0.3 is 14.8 Å². The largest absolute Gasteiger partial charge is 0.475 e. The van der Waals surface area contributed by atoms with Crippen molar-refractivity contribution in [1.82, 2.24) is 19.4 Å². The predicted molar refractivity (Wildman–Crippen MR) is 111 cm³/mol. The molecule has 3 fully saturated rings. The maximum atomic E-state index is 12.9. The molecule has 3 aromatic heterocycles. The van der Waals surface area contributed by atoms with Gasteiger partial charge in [-0.15, -0.1) is 0 Å². The number of pyridine rings is 1. The zero-order valence-corrected chi connectivity index (χ0v) is 17.8. The smallest absolute Gasteiger partial charge is 0.280 e. The summed E-state index contributed by atoms with van der Waals surface area (Å²) in [5.41, 5.74) is 0.700. The highest BCUT2D eigenvalue weighted by Crippen LogP contribution is 2.58. The molecule has 5 heterocycles. The number of imidazole rings is 1. The van der Waals surface area contributed by atoms with Gasteiger partial charge in [-0.25, -0.2) is 18.7 Å². The molecule has 1 amide bonds. The van der Waals surface area contributed by atoms with Crippen molar-refractivity contribution >= 4 is 17.4 Å². The van der Waals surface area contributed by atoms with E-state index in [2.05, 4.69) is 22.2 Å². The summed E-state index contributed by atoms with van der Waals surface area (Å²) in [5, 5.41) is 2.63. The molecule has 3 aliphatic rings. The number of carbonyl (C=O) groups is 1. The molecule has 0 radical (unpaired) electrons. The number of hydrogen-bond donors (Lipinski definition) is 1. The van der Waals surface area contributed by atoms with Crippen molar-refractivity contribution in [3.63, 3.8) is 0 Å². The first-order chi connectivity index (χ1) is 15.3. The summed E-state index contributed by atoms with van der Waals surface area (Å²) in [4.78, 5) is 25.5. The van der Waals surface area contributed by atoms with Gasteiger partial charge in [-0.3, -0.25) is 9.20 Å². The lowest BCUT2D eigenvalue weighted by Crippen LogP contribution is -2.45. The van der Waals surface area contributed by atoms with Crippen LogP contribution in [0, 0.1) is 0 Å². The fraction of sp³-hybridized carbons (Fsp3) is 0.455. The zero-order valence-electron chi connectivity index (χ0n) is 17.8. The molecular formula is C22H23F2N5O3. The fourth-order valence-electron chi connectivity index (χ4n) is 4.61. The molecule has 32 heavy (non-hydrogen) atoms. The average molecular weight is 443 g/mol. The van der Waals surface area contributed by atoms with Gasteiger partial charge in [0.25, 0.3) is 18.2 Å². The average Bonchev–Trinajstić information content (AvgIpc) is 3.43. The van der Waals surface area contributed by atoms with Crippen molar-refractivity contribution in [3.05, 3.63) is 47.7 Å². The van der Waals surface area contributed by atoms with Crippen LogP contribution in [0.1, 0.15) is 61.4 Å². The molecule has 8 nitrogen and oxygen atoms in total. The number of rotatable bonds is 7. The molecule has 0 atom stereocenters. The lowest BCUT2D eigenvalue weighted by atomic mass is 9.62. The summed E-state index contributed by atoms with van der Waals surface area (Å²) in [5.74, 6) is -0.137. The van der Waals surface area contributed by atoms with Crippen LogP contribution in [0.5, 0.6) is 5.88 Å². The van der Waals surface area contributed by atoms with Crippen LogP contribution < -0.4 is 10.1 Å². The van der Waals surface area contributed by atoms with Gasteiger partial charge in [0.05, 0.1) is 30.7 Å². The molecule has 1 aliphatic carbocycles. The van der Waals surface area contributed by atoms with Crippen LogP contribution in [0.2, 0.25) is 0 Å². The molecule has 0 aromatic carbocycles. The summed E-state index contributed by atoms with van der Waals surface area (Å²) in [6.45, 7) is 5.15. The number of fused-ring (bicyclic) bond motifs is 2. The zero-order chi connectivity index (χ0) is 22.5. The van der Waals surface area contributed by atoms with E-state index in [1.165, 1.54) is 18.2 Å².